The van der Waals surface area contributed by atoms with Gasteiger partial charge in [-0.05, 0) is 49.7 Å². The summed E-state index contributed by atoms with van der Waals surface area (Å²) in [6, 6.07) is 17.2. The normalized spacial score (nSPS) is 11.9. The molecule has 0 fully saturated rings. The van der Waals surface area contributed by atoms with E-state index in [4.69, 9.17) is 0 Å². The Kier molecular flexibility index (Phi) is 5.24. The molecule has 0 radical (unpaired) electrons. The van der Waals surface area contributed by atoms with Crippen LogP contribution >= 0.6 is 11.3 Å². The molecule has 1 unspecified atom stereocenters. The zero-order valence-electron chi connectivity index (χ0n) is 16.3. The Morgan fingerprint density at radius 2 is 1.77 bits per heavy atom. The summed E-state index contributed by atoms with van der Waals surface area (Å²) in [7, 11) is 0. The summed E-state index contributed by atoms with van der Waals surface area (Å²) < 4.78 is 1.09. The molecular weight excluding hydrogens is 400 g/mol. The lowest BCUT2D eigenvalue weighted by Gasteiger charge is -2.13. The maximum atomic E-state index is 12.9. The SMILES string of the molecule is CC(=O)c1ccc(NC(=O)C(C)n2nnc3sc(-c4ccccc4)cc3c2=O)cc1. The minimum atomic E-state index is -0.859. The van der Waals surface area contributed by atoms with Gasteiger partial charge in [-0.3, -0.25) is 14.4 Å². The monoisotopic (exact) mass is 418 g/mol. The lowest BCUT2D eigenvalue weighted by molar-refractivity contribution is -0.119. The van der Waals surface area contributed by atoms with Crippen LogP contribution in [0.25, 0.3) is 20.7 Å². The molecule has 1 N–H and O–H groups in total. The first kappa shape index (κ1) is 19.7. The molecule has 0 saturated heterocycles. The van der Waals surface area contributed by atoms with Crippen molar-refractivity contribution >= 4 is 38.9 Å². The fraction of sp³-hybridized carbons (Fsp3) is 0.136. The highest BCUT2D eigenvalue weighted by atomic mass is 32.1. The van der Waals surface area contributed by atoms with Crippen molar-refractivity contribution in [2.24, 2.45) is 0 Å². The Hall–Kier alpha value is -3.65. The molecule has 1 atom stereocenters. The molecule has 0 aliphatic carbocycles. The van der Waals surface area contributed by atoms with Gasteiger partial charge in [-0.25, -0.2) is 0 Å². The molecule has 1 amide bonds. The molecule has 4 aromatic rings. The minimum absolute atomic E-state index is 0.0537. The van der Waals surface area contributed by atoms with Crippen LogP contribution in [0.3, 0.4) is 0 Å². The number of amides is 1. The number of carbonyl (C=O) groups is 2. The Morgan fingerprint density at radius 1 is 1.07 bits per heavy atom. The van der Waals surface area contributed by atoms with E-state index in [-0.39, 0.29) is 11.3 Å². The van der Waals surface area contributed by atoms with E-state index in [0.717, 1.165) is 15.1 Å². The summed E-state index contributed by atoms with van der Waals surface area (Å²) in [5, 5.41) is 11.3. The van der Waals surface area contributed by atoms with Crippen LogP contribution in [0.2, 0.25) is 0 Å². The molecule has 2 aromatic heterocycles. The Labute approximate surface area is 176 Å². The number of fused-ring (bicyclic) bond motifs is 1. The van der Waals surface area contributed by atoms with Crippen LogP contribution in [-0.4, -0.2) is 26.7 Å². The zero-order valence-corrected chi connectivity index (χ0v) is 17.1. The summed E-state index contributed by atoms with van der Waals surface area (Å²) >= 11 is 1.38. The quantitative estimate of drug-likeness (QED) is 0.496. The topological polar surface area (TPSA) is 93.9 Å². The summed E-state index contributed by atoms with van der Waals surface area (Å²) in [5.41, 5.74) is 1.71. The van der Waals surface area contributed by atoms with Gasteiger partial charge in [0.2, 0.25) is 5.91 Å². The fourth-order valence-electron chi connectivity index (χ4n) is 3.01. The van der Waals surface area contributed by atoms with E-state index in [2.05, 4.69) is 15.6 Å². The number of hydrogen-bond donors (Lipinski definition) is 1. The largest absolute Gasteiger partial charge is 0.324 e. The van der Waals surface area contributed by atoms with Crippen molar-refractivity contribution in [3.05, 3.63) is 76.6 Å². The van der Waals surface area contributed by atoms with E-state index >= 15 is 0 Å². The average Bonchev–Trinajstić information content (AvgIpc) is 3.20. The van der Waals surface area contributed by atoms with Crippen molar-refractivity contribution in [2.75, 3.05) is 5.32 Å². The second kappa shape index (κ2) is 8.00. The lowest BCUT2D eigenvalue weighted by Crippen LogP contribution is -2.33. The summed E-state index contributed by atoms with van der Waals surface area (Å²) in [5.74, 6) is -0.457. The maximum absolute atomic E-state index is 12.9. The third kappa shape index (κ3) is 3.77. The van der Waals surface area contributed by atoms with Crippen molar-refractivity contribution in [1.29, 1.82) is 0 Å². The van der Waals surface area contributed by atoms with Crippen LogP contribution in [-0.2, 0) is 4.79 Å². The first-order chi connectivity index (χ1) is 14.4. The van der Waals surface area contributed by atoms with Gasteiger partial charge in [-0.15, -0.1) is 16.4 Å². The van der Waals surface area contributed by atoms with Crippen molar-refractivity contribution < 1.29 is 9.59 Å². The third-order valence-electron chi connectivity index (χ3n) is 4.75. The van der Waals surface area contributed by atoms with E-state index < -0.39 is 11.9 Å². The van der Waals surface area contributed by atoms with Gasteiger partial charge < -0.3 is 5.32 Å². The van der Waals surface area contributed by atoms with Gasteiger partial charge in [0.15, 0.2) is 10.6 Å². The van der Waals surface area contributed by atoms with Crippen LogP contribution in [0, 0.1) is 0 Å². The van der Waals surface area contributed by atoms with E-state index in [1.165, 1.54) is 18.3 Å². The van der Waals surface area contributed by atoms with E-state index in [1.807, 2.05) is 30.3 Å². The number of carbonyl (C=O) groups excluding carboxylic acids is 2. The van der Waals surface area contributed by atoms with Crippen molar-refractivity contribution in [3.8, 4) is 10.4 Å². The highest BCUT2D eigenvalue weighted by Gasteiger charge is 2.20. The standard InChI is InChI=1S/C22H18N4O3S/c1-13(20(28)23-17-10-8-15(9-11-17)14(2)27)26-22(29)18-12-19(30-21(18)24-25-26)16-6-4-3-5-7-16/h3-13H,1-2H3,(H,23,28). The molecule has 4 rings (SSSR count). The fourth-order valence-corrected chi connectivity index (χ4v) is 3.98. The third-order valence-corrected chi connectivity index (χ3v) is 5.81. The highest BCUT2D eigenvalue weighted by molar-refractivity contribution is 7.21. The Balaban J connectivity index is 1.60. The molecule has 30 heavy (non-hydrogen) atoms. The number of nitrogens with zero attached hydrogens (tertiary/aromatic N) is 3. The molecule has 150 valence electrons. The van der Waals surface area contributed by atoms with Gasteiger partial charge in [0.05, 0.1) is 5.39 Å². The summed E-state index contributed by atoms with van der Waals surface area (Å²) in [6.45, 7) is 3.07. The van der Waals surface area contributed by atoms with Crippen LogP contribution in [0.1, 0.15) is 30.2 Å². The number of hydrogen-bond acceptors (Lipinski definition) is 6. The molecule has 8 heteroatoms. The molecule has 0 aliphatic heterocycles. The van der Waals surface area contributed by atoms with Gasteiger partial charge in [0.1, 0.15) is 6.04 Å². The number of anilines is 1. The van der Waals surface area contributed by atoms with Crippen LogP contribution < -0.4 is 10.9 Å². The molecule has 0 spiro atoms. The lowest BCUT2D eigenvalue weighted by atomic mass is 10.1. The second-order valence-corrected chi connectivity index (χ2v) is 7.86. The predicted molar refractivity (Wildman–Crippen MR) is 117 cm³/mol. The molecular formula is C22H18N4O3S. The number of benzene rings is 2. The molecule has 7 nitrogen and oxygen atoms in total. The molecule has 2 aromatic carbocycles. The van der Waals surface area contributed by atoms with Gasteiger partial charge in [-0.2, -0.15) is 4.68 Å². The summed E-state index contributed by atoms with van der Waals surface area (Å²) in [4.78, 5) is 38.4. The van der Waals surface area contributed by atoms with Crippen molar-refractivity contribution in [3.63, 3.8) is 0 Å². The van der Waals surface area contributed by atoms with E-state index in [9.17, 15) is 14.4 Å². The Bertz CT molecular complexity index is 1290. The zero-order chi connectivity index (χ0) is 21.3. The number of Topliss-reactive ketones (excluding diaryl/α,β-unsaturated/α-hetero) is 1. The van der Waals surface area contributed by atoms with Crippen LogP contribution in [0.5, 0.6) is 0 Å². The number of nitrogens with one attached hydrogen (secondary N) is 1. The number of aromatic nitrogens is 3. The number of rotatable bonds is 5. The van der Waals surface area contributed by atoms with Crippen molar-refractivity contribution in [2.45, 2.75) is 19.9 Å². The Morgan fingerprint density at radius 3 is 2.43 bits per heavy atom. The summed E-state index contributed by atoms with van der Waals surface area (Å²) in [6.07, 6.45) is 0. The second-order valence-electron chi connectivity index (χ2n) is 6.83. The maximum Gasteiger partial charge on any atom is 0.279 e. The van der Waals surface area contributed by atoms with Gasteiger partial charge in [0, 0.05) is 16.1 Å². The molecule has 0 aliphatic rings. The predicted octanol–water partition coefficient (Wildman–Crippen LogP) is 3.92. The van der Waals surface area contributed by atoms with Crippen LogP contribution in [0.4, 0.5) is 5.69 Å². The smallest absolute Gasteiger partial charge is 0.279 e. The molecule has 0 saturated carbocycles. The average molecular weight is 418 g/mol. The van der Waals surface area contributed by atoms with Crippen molar-refractivity contribution in [1.82, 2.24) is 15.0 Å². The van der Waals surface area contributed by atoms with E-state index in [0.29, 0.717) is 21.5 Å². The molecule has 2 heterocycles. The first-order valence-electron chi connectivity index (χ1n) is 9.30. The molecule has 0 bridgehead atoms. The van der Waals surface area contributed by atoms with E-state index in [1.54, 1.807) is 37.3 Å². The van der Waals surface area contributed by atoms with Gasteiger partial charge in [0.25, 0.3) is 5.56 Å². The first-order valence-corrected chi connectivity index (χ1v) is 10.1. The minimum Gasteiger partial charge on any atom is -0.324 e. The number of ketones is 1. The van der Waals surface area contributed by atoms with Crippen LogP contribution in [0.15, 0.2) is 65.5 Å². The van der Waals surface area contributed by atoms with Gasteiger partial charge >= 0.3 is 0 Å². The number of thiophene rings is 1. The highest BCUT2D eigenvalue weighted by Crippen LogP contribution is 2.30. The van der Waals surface area contributed by atoms with Gasteiger partial charge in [-0.1, -0.05) is 35.5 Å².